The first-order valence-corrected chi connectivity index (χ1v) is 9.81. The minimum absolute atomic E-state index is 0.0791. The van der Waals surface area contributed by atoms with Crippen molar-refractivity contribution in [1.82, 2.24) is 25.2 Å². The highest BCUT2D eigenvalue weighted by molar-refractivity contribution is 6.44. The molecule has 1 atom stereocenters. The number of ether oxygens (including phenoxy) is 1. The molecule has 0 bridgehead atoms. The van der Waals surface area contributed by atoms with Gasteiger partial charge in [0.05, 0.1) is 18.4 Å². The molecule has 0 amide bonds. The van der Waals surface area contributed by atoms with Gasteiger partial charge in [0.1, 0.15) is 29.4 Å². The number of hydrogen-bond donors (Lipinski definition) is 4. The third-order valence-corrected chi connectivity index (χ3v) is 5.31. The number of aliphatic hydroxyl groups is 1. The summed E-state index contributed by atoms with van der Waals surface area (Å²) in [4.78, 5) is 13.6. The molecule has 30 heavy (non-hydrogen) atoms. The molecule has 1 fully saturated rings. The summed E-state index contributed by atoms with van der Waals surface area (Å²) in [6.45, 7) is 1.75. The molecule has 0 radical (unpaired) electrons. The van der Waals surface area contributed by atoms with Crippen LogP contribution in [0.25, 0.3) is 0 Å². The number of nitrogens with zero attached hydrogens (tertiary/aromatic N) is 4. The maximum Gasteiger partial charge on any atom is 0.522 e. The summed E-state index contributed by atoms with van der Waals surface area (Å²) >= 11 is 0. The molecule has 1 aromatic heterocycles. The number of aromatic carboxylic acids is 1. The van der Waals surface area contributed by atoms with Gasteiger partial charge < -0.3 is 29.9 Å². The lowest BCUT2D eigenvalue weighted by atomic mass is 9.78. The van der Waals surface area contributed by atoms with Gasteiger partial charge in [-0.05, 0) is 31.4 Å². The number of nitrogens with one attached hydrogen (secondary N) is 1. The van der Waals surface area contributed by atoms with Crippen LogP contribution in [0.4, 0.5) is 0 Å². The van der Waals surface area contributed by atoms with Crippen LogP contribution in [0, 0.1) is 0 Å². The summed E-state index contributed by atoms with van der Waals surface area (Å²) in [5, 5.41) is 40.7. The van der Waals surface area contributed by atoms with Crippen LogP contribution in [-0.2, 0) is 19.5 Å². The molecule has 4 N–H and O–H groups in total. The molecular weight excluding hydrogens is 393 g/mol. The van der Waals surface area contributed by atoms with Crippen molar-refractivity contribution in [3.63, 3.8) is 0 Å². The van der Waals surface area contributed by atoms with Gasteiger partial charge in [-0.25, -0.2) is 9.48 Å². The fraction of sp³-hybridized carbons (Fsp3) is 0.500. The fourth-order valence-electron chi connectivity index (χ4n) is 3.70. The van der Waals surface area contributed by atoms with Gasteiger partial charge in [0.2, 0.25) is 0 Å². The first kappa shape index (κ1) is 20.6. The van der Waals surface area contributed by atoms with Crippen LogP contribution in [0.15, 0.2) is 18.3 Å². The van der Waals surface area contributed by atoms with Gasteiger partial charge in [-0.15, -0.1) is 5.10 Å². The Morgan fingerprint density at radius 3 is 3.00 bits per heavy atom. The average Bonchev–Trinajstić information content (AvgIpc) is 3.10. The SMILES string of the molecule is CNCc1cnnn1CC(O)N1CC(Oc2ccc3c(c2C(=O)O)OB(O)CC3)C1. The molecule has 2 aliphatic heterocycles. The van der Waals surface area contributed by atoms with Crippen LogP contribution in [0.1, 0.15) is 21.6 Å². The molecule has 12 heteroatoms. The minimum Gasteiger partial charge on any atom is -0.535 e. The van der Waals surface area contributed by atoms with E-state index in [0.29, 0.717) is 32.4 Å². The van der Waals surface area contributed by atoms with E-state index >= 15 is 0 Å². The third kappa shape index (κ3) is 4.12. The summed E-state index contributed by atoms with van der Waals surface area (Å²) in [7, 11) is 0.799. The monoisotopic (exact) mass is 417 g/mol. The maximum atomic E-state index is 11.8. The number of rotatable bonds is 8. The molecule has 1 aromatic carbocycles. The van der Waals surface area contributed by atoms with Gasteiger partial charge in [-0.1, -0.05) is 11.3 Å². The van der Waals surface area contributed by atoms with E-state index < -0.39 is 19.3 Å². The van der Waals surface area contributed by atoms with E-state index in [1.165, 1.54) is 0 Å². The Balaban J connectivity index is 1.38. The number of carboxylic acids is 1. The van der Waals surface area contributed by atoms with Crippen molar-refractivity contribution in [2.24, 2.45) is 0 Å². The average molecular weight is 417 g/mol. The number of carboxylic acid groups (broad SMARTS) is 1. The molecule has 1 unspecified atom stereocenters. The predicted octanol–water partition coefficient (Wildman–Crippen LogP) is -0.807. The second kappa shape index (κ2) is 8.60. The lowest BCUT2D eigenvalue weighted by molar-refractivity contribution is -0.0978. The zero-order valence-electron chi connectivity index (χ0n) is 16.6. The van der Waals surface area contributed by atoms with E-state index in [4.69, 9.17) is 9.39 Å². The second-order valence-electron chi connectivity index (χ2n) is 7.46. The van der Waals surface area contributed by atoms with Gasteiger partial charge >= 0.3 is 13.1 Å². The van der Waals surface area contributed by atoms with E-state index in [1.807, 2.05) is 11.9 Å². The van der Waals surface area contributed by atoms with Crippen molar-refractivity contribution in [2.75, 3.05) is 20.1 Å². The summed E-state index contributed by atoms with van der Waals surface area (Å²) < 4.78 is 12.9. The Morgan fingerprint density at radius 2 is 2.27 bits per heavy atom. The van der Waals surface area contributed by atoms with Crippen molar-refractivity contribution in [3.05, 3.63) is 35.2 Å². The van der Waals surface area contributed by atoms with Crippen molar-refractivity contribution >= 4 is 13.1 Å². The second-order valence-corrected chi connectivity index (χ2v) is 7.46. The maximum absolute atomic E-state index is 11.8. The Morgan fingerprint density at radius 1 is 1.47 bits per heavy atom. The predicted molar refractivity (Wildman–Crippen MR) is 105 cm³/mol. The molecule has 11 nitrogen and oxygen atoms in total. The van der Waals surface area contributed by atoms with E-state index in [-0.39, 0.29) is 29.7 Å². The smallest absolute Gasteiger partial charge is 0.522 e. The lowest BCUT2D eigenvalue weighted by Crippen LogP contribution is -2.58. The zero-order chi connectivity index (χ0) is 21.3. The first-order valence-electron chi connectivity index (χ1n) is 9.81. The Labute approximate surface area is 173 Å². The molecule has 2 aromatic rings. The number of carbonyl (C=O) groups is 1. The van der Waals surface area contributed by atoms with Gasteiger partial charge in [0.15, 0.2) is 0 Å². The molecule has 160 valence electrons. The van der Waals surface area contributed by atoms with Gasteiger partial charge in [0.25, 0.3) is 0 Å². The molecule has 1 saturated heterocycles. The standard InChI is InChI=1S/C18H24BN5O6/c1-20-6-12-7-21-22-24(12)10-15(25)23-8-13(9-23)29-14-3-2-11-4-5-19(28)30-17(11)16(14)18(26)27/h2-3,7,13,15,20,25,28H,4-6,8-10H2,1H3,(H,26,27). The zero-order valence-corrected chi connectivity index (χ0v) is 16.6. The van der Waals surface area contributed by atoms with Crippen molar-refractivity contribution in [2.45, 2.75) is 38.2 Å². The highest BCUT2D eigenvalue weighted by Gasteiger charge is 2.36. The fourth-order valence-corrected chi connectivity index (χ4v) is 3.70. The van der Waals surface area contributed by atoms with Crippen LogP contribution in [0.2, 0.25) is 6.32 Å². The van der Waals surface area contributed by atoms with Crippen molar-refractivity contribution in [1.29, 1.82) is 0 Å². The molecule has 4 rings (SSSR count). The number of aryl methyl sites for hydroxylation is 1. The number of aromatic nitrogens is 3. The van der Waals surface area contributed by atoms with E-state index in [2.05, 4.69) is 15.6 Å². The summed E-state index contributed by atoms with van der Waals surface area (Å²) in [5.74, 6) is -0.810. The largest absolute Gasteiger partial charge is 0.535 e. The number of benzene rings is 1. The highest BCUT2D eigenvalue weighted by Crippen LogP contribution is 2.37. The van der Waals surface area contributed by atoms with Gasteiger partial charge in [0, 0.05) is 19.6 Å². The molecule has 0 aliphatic carbocycles. The van der Waals surface area contributed by atoms with E-state index in [1.54, 1.807) is 23.0 Å². The topological polar surface area (TPSA) is 142 Å². The minimum atomic E-state index is -1.17. The third-order valence-electron chi connectivity index (χ3n) is 5.31. The van der Waals surface area contributed by atoms with Crippen LogP contribution >= 0.6 is 0 Å². The van der Waals surface area contributed by atoms with Crippen LogP contribution in [-0.4, -0.2) is 80.7 Å². The summed E-state index contributed by atoms with van der Waals surface area (Å²) in [6.07, 6.45) is 1.58. The van der Waals surface area contributed by atoms with Gasteiger partial charge in [-0.3, -0.25) is 4.90 Å². The van der Waals surface area contributed by atoms with E-state index in [9.17, 15) is 20.0 Å². The number of fused-ring (bicyclic) bond motifs is 1. The van der Waals surface area contributed by atoms with Crippen molar-refractivity contribution < 1.29 is 29.4 Å². The number of aliphatic hydroxyl groups excluding tert-OH is 1. The molecule has 0 spiro atoms. The quantitative estimate of drug-likeness (QED) is 0.403. The van der Waals surface area contributed by atoms with E-state index in [0.717, 1.165) is 11.3 Å². The summed E-state index contributed by atoms with van der Waals surface area (Å²) in [5.41, 5.74) is 1.53. The Bertz CT molecular complexity index is 918. The number of hydrogen-bond acceptors (Lipinski definition) is 9. The van der Waals surface area contributed by atoms with Crippen LogP contribution in [0.5, 0.6) is 11.5 Å². The normalized spacial score (nSPS) is 17.8. The molecule has 0 saturated carbocycles. The van der Waals surface area contributed by atoms with Gasteiger partial charge in [-0.2, -0.15) is 0 Å². The molecular formula is C18H24BN5O6. The highest BCUT2D eigenvalue weighted by atomic mass is 16.5. The first-order chi connectivity index (χ1) is 14.5. The molecule has 2 aliphatic rings. The Kier molecular flexibility index (Phi) is 5.91. The summed E-state index contributed by atoms with van der Waals surface area (Å²) in [6, 6.07) is 3.39. The van der Waals surface area contributed by atoms with Crippen LogP contribution < -0.4 is 14.7 Å². The number of likely N-dealkylation sites (tertiary alicyclic amines) is 1. The molecule has 3 heterocycles. The van der Waals surface area contributed by atoms with Crippen LogP contribution in [0.3, 0.4) is 0 Å². The lowest BCUT2D eigenvalue weighted by Gasteiger charge is -2.42. The van der Waals surface area contributed by atoms with Crippen molar-refractivity contribution in [3.8, 4) is 11.5 Å². The Hall–Kier alpha value is -2.67.